The first-order chi connectivity index (χ1) is 11.8. The van der Waals surface area contributed by atoms with Crippen LogP contribution in [0.5, 0.6) is 5.75 Å². The fraction of sp³-hybridized carbons (Fsp3) is 0.0526. The predicted molar refractivity (Wildman–Crippen MR) is 99.2 cm³/mol. The lowest BCUT2D eigenvalue weighted by Gasteiger charge is -2.05. The summed E-state index contributed by atoms with van der Waals surface area (Å²) in [5, 5.41) is 2.04. The maximum atomic E-state index is 5.21. The van der Waals surface area contributed by atoms with Crippen LogP contribution in [0, 0.1) is 0 Å². The first-order valence-electron chi connectivity index (χ1n) is 7.52. The molecule has 4 aromatic rings. The quantitative estimate of drug-likeness (QED) is 0.501. The number of imidazole rings is 1. The van der Waals surface area contributed by atoms with E-state index in [9.17, 15) is 0 Å². The van der Waals surface area contributed by atoms with E-state index in [0.717, 1.165) is 33.0 Å². The Hall–Kier alpha value is -2.92. The third kappa shape index (κ3) is 2.81. The van der Waals surface area contributed by atoms with E-state index in [4.69, 9.17) is 4.74 Å². The van der Waals surface area contributed by atoms with Gasteiger partial charge in [-0.2, -0.15) is 0 Å². The van der Waals surface area contributed by atoms with E-state index < -0.39 is 0 Å². The Balaban J connectivity index is 1.67. The molecule has 0 radical (unpaired) electrons. The fourth-order valence-electron chi connectivity index (χ4n) is 2.53. The lowest BCUT2D eigenvalue weighted by Crippen LogP contribution is -1.92. The molecule has 0 aliphatic heterocycles. The Morgan fingerprint density at radius 2 is 2.00 bits per heavy atom. The third-order valence-electron chi connectivity index (χ3n) is 3.77. The number of methoxy groups -OCH3 is 1. The molecular weight excluding hydrogens is 318 g/mol. The Kier molecular flexibility index (Phi) is 3.84. The van der Waals surface area contributed by atoms with Crippen LogP contribution in [-0.4, -0.2) is 22.9 Å². The standard InChI is InChI=1S/C19H15N3OS/c1-23-16-7-5-15(6-8-16)22-13-21-18-11-14(4-9-19(18)22)20-12-17-3-2-10-24-17/h2-13H,1H3. The van der Waals surface area contributed by atoms with Crippen molar-refractivity contribution >= 4 is 34.3 Å². The van der Waals surface area contributed by atoms with Crippen molar-refractivity contribution in [2.24, 2.45) is 4.99 Å². The molecule has 4 nitrogen and oxygen atoms in total. The summed E-state index contributed by atoms with van der Waals surface area (Å²) in [5.41, 5.74) is 3.92. The average molecular weight is 333 g/mol. The molecule has 2 heterocycles. The molecule has 2 aromatic heterocycles. The lowest BCUT2D eigenvalue weighted by atomic mass is 10.2. The van der Waals surface area contributed by atoms with E-state index in [0.29, 0.717) is 0 Å². The molecule has 2 aromatic carbocycles. The SMILES string of the molecule is COc1ccc(-n2cnc3cc(N=Cc4cccs4)ccc32)cc1. The molecular formula is C19H15N3OS. The van der Waals surface area contributed by atoms with Gasteiger partial charge in [0.05, 0.1) is 23.8 Å². The minimum Gasteiger partial charge on any atom is -0.497 e. The smallest absolute Gasteiger partial charge is 0.119 e. The number of rotatable bonds is 4. The molecule has 5 heteroatoms. The Morgan fingerprint density at radius 1 is 1.12 bits per heavy atom. The van der Waals surface area contributed by atoms with Gasteiger partial charge < -0.3 is 4.74 Å². The second kappa shape index (κ2) is 6.29. The molecule has 0 fully saturated rings. The summed E-state index contributed by atoms with van der Waals surface area (Å²) in [4.78, 5) is 10.2. The van der Waals surface area contributed by atoms with Crippen molar-refractivity contribution in [3.05, 3.63) is 71.2 Å². The van der Waals surface area contributed by atoms with Gasteiger partial charge in [-0.05, 0) is 53.9 Å². The maximum absolute atomic E-state index is 5.21. The second-order valence-corrected chi connectivity index (χ2v) is 6.24. The van der Waals surface area contributed by atoms with Gasteiger partial charge in [0, 0.05) is 16.8 Å². The van der Waals surface area contributed by atoms with Gasteiger partial charge in [-0.25, -0.2) is 4.98 Å². The zero-order chi connectivity index (χ0) is 16.4. The molecule has 0 saturated heterocycles. The van der Waals surface area contributed by atoms with Crippen molar-refractivity contribution in [2.45, 2.75) is 0 Å². The summed E-state index contributed by atoms with van der Waals surface area (Å²) >= 11 is 1.67. The number of aliphatic imine (C=N–C) groups is 1. The zero-order valence-electron chi connectivity index (χ0n) is 13.1. The molecule has 0 N–H and O–H groups in total. The van der Waals surface area contributed by atoms with E-state index in [1.165, 1.54) is 0 Å². The highest BCUT2D eigenvalue weighted by atomic mass is 32.1. The van der Waals surface area contributed by atoms with Gasteiger partial charge >= 0.3 is 0 Å². The van der Waals surface area contributed by atoms with Crippen molar-refractivity contribution in [1.29, 1.82) is 0 Å². The molecule has 0 atom stereocenters. The normalized spacial score (nSPS) is 11.4. The topological polar surface area (TPSA) is 39.4 Å². The van der Waals surface area contributed by atoms with Crippen molar-refractivity contribution in [2.75, 3.05) is 7.11 Å². The Labute approximate surface area is 143 Å². The molecule has 0 bridgehead atoms. The highest BCUT2D eigenvalue weighted by Crippen LogP contribution is 2.24. The molecule has 24 heavy (non-hydrogen) atoms. The van der Waals surface area contributed by atoms with Crippen LogP contribution >= 0.6 is 11.3 Å². The van der Waals surface area contributed by atoms with Crippen LogP contribution in [-0.2, 0) is 0 Å². The Bertz CT molecular complexity index is 985. The van der Waals surface area contributed by atoms with Crippen molar-refractivity contribution in [3.8, 4) is 11.4 Å². The van der Waals surface area contributed by atoms with Crippen LogP contribution in [0.15, 0.2) is 71.3 Å². The van der Waals surface area contributed by atoms with Gasteiger partial charge in [-0.15, -0.1) is 11.3 Å². The minimum absolute atomic E-state index is 0.841. The highest BCUT2D eigenvalue weighted by Gasteiger charge is 2.05. The molecule has 0 unspecified atom stereocenters. The van der Waals surface area contributed by atoms with Gasteiger partial charge in [0.1, 0.15) is 12.1 Å². The predicted octanol–water partition coefficient (Wildman–Crippen LogP) is 4.85. The summed E-state index contributed by atoms with van der Waals surface area (Å²) in [6.45, 7) is 0. The van der Waals surface area contributed by atoms with Crippen molar-refractivity contribution in [1.82, 2.24) is 9.55 Å². The van der Waals surface area contributed by atoms with E-state index >= 15 is 0 Å². The van der Waals surface area contributed by atoms with Crippen LogP contribution in [0.2, 0.25) is 0 Å². The number of fused-ring (bicyclic) bond motifs is 1. The first kappa shape index (κ1) is 14.7. The highest BCUT2D eigenvalue weighted by molar-refractivity contribution is 7.11. The molecule has 118 valence electrons. The second-order valence-electron chi connectivity index (χ2n) is 5.26. The van der Waals surface area contributed by atoms with Gasteiger partial charge in [0.15, 0.2) is 0 Å². The molecule has 0 aliphatic rings. The molecule has 4 rings (SSSR count). The van der Waals surface area contributed by atoms with Crippen molar-refractivity contribution < 1.29 is 4.74 Å². The molecule has 0 aliphatic carbocycles. The summed E-state index contributed by atoms with van der Waals surface area (Å²) in [7, 11) is 1.67. The molecule has 0 saturated carbocycles. The largest absolute Gasteiger partial charge is 0.497 e. The third-order valence-corrected chi connectivity index (χ3v) is 4.57. The summed E-state index contributed by atoms with van der Waals surface area (Å²) in [6.07, 6.45) is 3.71. The fourth-order valence-corrected chi connectivity index (χ4v) is 3.12. The van der Waals surface area contributed by atoms with Crippen molar-refractivity contribution in [3.63, 3.8) is 0 Å². The summed E-state index contributed by atoms with van der Waals surface area (Å²) in [6, 6.07) is 18.0. The number of benzene rings is 2. The number of thiophene rings is 1. The Morgan fingerprint density at radius 3 is 2.75 bits per heavy atom. The summed E-state index contributed by atoms with van der Waals surface area (Å²) < 4.78 is 7.26. The summed E-state index contributed by atoms with van der Waals surface area (Å²) in [5.74, 6) is 0.841. The first-order valence-corrected chi connectivity index (χ1v) is 8.40. The van der Waals surface area contributed by atoms with Crippen LogP contribution in [0.3, 0.4) is 0 Å². The van der Waals surface area contributed by atoms with Crippen LogP contribution in [0.1, 0.15) is 4.88 Å². The number of hydrogen-bond acceptors (Lipinski definition) is 4. The van der Waals surface area contributed by atoms with E-state index in [2.05, 4.69) is 14.5 Å². The van der Waals surface area contributed by atoms with E-state index in [1.807, 2.05) is 72.5 Å². The van der Waals surface area contributed by atoms with Gasteiger partial charge in [0.2, 0.25) is 0 Å². The molecule has 0 amide bonds. The minimum atomic E-state index is 0.841. The van der Waals surface area contributed by atoms with Crippen LogP contribution in [0.4, 0.5) is 5.69 Å². The zero-order valence-corrected chi connectivity index (χ0v) is 13.9. The van der Waals surface area contributed by atoms with E-state index in [-0.39, 0.29) is 0 Å². The van der Waals surface area contributed by atoms with Crippen LogP contribution < -0.4 is 4.74 Å². The van der Waals surface area contributed by atoms with E-state index in [1.54, 1.807) is 18.4 Å². The number of aromatic nitrogens is 2. The monoisotopic (exact) mass is 333 g/mol. The van der Waals surface area contributed by atoms with Gasteiger partial charge in [-0.3, -0.25) is 9.56 Å². The van der Waals surface area contributed by atoms with Gasteiger partial charge in [0.25, 0.3) is 0 Å². The number of ether oxygens (including phenoxy) is 1. The maximum Gasteiger partial charge on any atom is 0.119 e. The van der Waals surface area contributed by atoms with Crippen LogP contribution in [0.25, 0.3) is 16.7 Å². The number of nitrogens with zero attached hydrogens (tertiary/aromatic N) is 3. The van der Waals surface area contributed by atoms with Gasteiger partial charge in [-0.1, -0.05) is 6.07 Å². The molecule has 0 spiro atoms. The lowest BCUT2D eigenvalue weighted by molar-refractivity contribution is 0.415. The number of hydrogen-bond donors (Lipinski definition) is 0. The average Bonchev–Trinajstić information content (AvgIpc) is 3.29.